The number of carbonyl (C=O) groups is 1. The fraction of sp³-hybridized carbons (Fsp3) is 0.500. The molecule has 0 aromatic heterocycles. The Morgan fingerprint density at radius 2 is 2.00 bits per heavy atom. The van der Waals surface area contributed by atoms with Crippen LogP contribution >= 0.6 is 24.2 Å². The lowest BCUT2D eigenvalue weighted by molar-refractivity contribution is -0.0855. The first-order chi connectivity index (χ1) is 8.95. The number of halogens is 1. The SMILES string of the molecule is CC1CC(OC(=O)c2cc(S)ccc2Cl)CC(C)O1. The highest BCUT2D eigenvalue weighted by molar-refractivity contribution is 7.80. The third kappa shape index (κ3) is 3.88. The zero-order valence-corrected chi connectivity index (χ0v) is 12.6. The first-order valence-corrected chi connectivity index (χ1v) is 7.13. The van der Waals surface area contributed by atoms with Crippen molar-refractivity contribution in [2.24, 2.45) is 0 Å². The van der Waals surface area contributed by atoms with E-state index >= 15 is 0 Å². The normalized spacial score (nSPS) is 27.1. The standard InChI is InChI=1S/C14H17ClO3S/c1-8-5-10(6-9(2)17-8)18-14(16)12-7-11(19)3-4-13(12)15/h3-4,7-10,19H,5-6H2,1-2H3. The van der Waals surface area contributed by atoms with Gasteiger partial charge in [-0.2, -0.15) is 0 Å². The Morgan fingerprint density at radius 1 is 1.37 bits per heavy atom. The van der Waals surface area contributed by atoms with Gasteiger partial charge in [-0.3, -0.25) is 0 Å². The van der Waals surface area contributed by atoms with E-state index in [0.29, 0.717) is 28.3 Å². The zero-order chi connectivity index (χ0) is 14.0. The van der Waals surface area contributed by atoms with Crippen LogP contribution in [0.15, 0.2) is 23.1 Å². The molecular weight excluding hydrogens is 284 g/mol. The first-order valence-electron chi connectivity index (χ1n) is 6.30. The summed E-state index contributed by atoms with van der Waals surface area (Å²) in [5.41, 5.74) is 0.362. The van der Waals surface area contributed by atoms with Crippen molar-refractivity contribution in [3.05, 3.63) is 28.8 Å². The topological polar surface area (TPSA) is 35.5 Å². The molecule has 2 rings (SSSR count). The van der Waals surface area contributed by atoms with Gasteiger partial charge in [0.15, 0.2) is 0 Å². The van der Waals surface area contributed by atoms with Gasteiger partial charge in [-0.1, -0.05) is 11.6 Å². The second-order valence-corrected chi connectivity index (χ2v) is 5.84. The fourth-order valence-electron chi connectivity index (χ4n) is 2.33. The molecule has 0 aliphatic carbocycles. The van der Waals surface area contributed by atoms with Gasteiger partial charge in [-0.15, -0.1) is 12.6 Å². The van der Waals surface area contributed by atoms with Gasteiger partial charge in [0.1, 0.15) is 6.10 Å². The quantitative estimate of drug-likeness (QED) is 0.667. The number of thiol groups is 1. The van der Waals surface area contributed by atoms with Gasteiger partial charge in [0, 0.05) is 17.7 Å². The van der Waals surface area contributed by atoms with E-state index in [-0.39, 0.29) is 18.3 Å². The van der Waals surface area contributed by atoms with E-state index in [1.165, 1.54) is 0 Å². The van der Waals surface area contributed by atoms with Gasteiger partial charge in [-0.25, -0.2) is 4.79 Å². The molecule has 3 nitrogen and oxygen atoms in total. The number of carbonyl (C=O) groups excluding carboxylic acids is 1. The molecule has 1 heterocycles. The predicted molar refractivity (Wildman–Crippen MR) is 77.2 cm³/mol. The Kier molecular flexibility index (Phi) is 4.76. The molecule has 19 heavy (non-hydrogen) atoms. The summed E-state index contributed by atoms with van der Waals surface area (Å²) in [5, 5.41) is 0.385. The average molecular weight is 301 g/mol. The lowest BCUT2D eigenvalue weighted by atomic mass is 10.0. The molecule has 0 amide bonds. The Hall–Kier alpha value is -0.710. The lowest BCUT2D eigenvalue weighted by Gasteiger charge is -2.31. The summed E-state index contributed by atoms with van der Waals surface area (Å²) in [4.78, 5) is 12.8. The largest absolute Gasteiger partial charge is 0.459 e. The monoisotopic (exact) mass is 300 g/mol. The van der Waals surface area contributed by atoms with Crippen molar-refractivity contribution in [2.45, 2.75) is 49.9 Å². The van der Waals surface area contributed by atoms with Gasteiger partial charge in [0.05, 0.1) is 22.8 Å². The molecular formula is C14H17ClO3S. The van der Waals surface area contributed by atoms with Crippen LogP contribution in [0, 0.1) is 0 Å². The van der Waals surface area contributed by atoms with E-state index in [9.17, 15) is 4.79 Å². The van der Waals surface area contributed by atoms with Crippen LogP contribution in [0.25, 0.3) is 0 Å². The van der Waals surface area contributed by atoms with Gasteiger partial charge in [0.25, 0.3) is 0 Å². The molecule has 1 saturated heterocycles. The smallest absolute Gasteiger partial charge is 0.339 e. The predicted octanol–water partition coefficient (Wildman–Crippen LogP) is 3.74. The third-order valence-corrected chi connectivity index (χ3v) is 3.71. The summed E-state index contributed by atoms with van der Waals surface area (Å²) >= 11 is 10.2. The first kappa shape index (κ1) is 14.7. The van der Waals surface area contributed by atoms with Crippen LogP contribution in [0.3, 0.4) is 0 Å². The second-order valence-electron chi connectivity index (χ2n) is 4.92. The maximum atomic E-state index is 12.1. The van der Waals surface area contributed by atoms with Crippen molar-refractivity contribution in [1.29, 1.82) is 0 Å². The molecule has 2 unspecified atom stereocenters. The molecule has 1 aliphatic rings. The highest BCUT2D eigenvalue weighted by Crippen LogP contribution is 2.25. The van der Waals surface area contributed by atoms with Crippen LogP contribution in [0.2, 0.25) is 5.02 Å². The number of benzene rings is 1. The minimum Gasteiger partial charge on any atom is -0.459 e. The second kappa shape index (κ2) is 6.16. The van der Waals surface area contributed by atoms with Gasteiger partial charge in [-0.05, 0) is 32.0 Å². The van der Waals surface area contributed by atoms with Crippen molar-refractivity contribution >= 4 is 30.2 Å². The van der Waals surface area contributed by atoms with Gasteiger partial charge < -0.3 is 9.47 Å². The van der Waals surface area contributed by atoms with Crippen LogP contribution in [0.4, 0.5) is 0 Å². The van der Waals surface area contributed by atoms with E-state index in [4.69, 9.17) is 21.1 Å². The Labute approximate surface area is 123 Å². The van der Waals surface area contributed by atoms with Crippen LogP contribution in [-0.4, -0.2) is 24.3 Å². The maximum Gasteiger partial charge on any atom is 0.339 e. The molecule has 1 aromatic rings. The Morgan fingerprint density at radius 3 is 2.63 bits per heavy atom. The summed E-state index contributed by atoms with van der Waals surface area (Å²) in [6.45, 7) is 3.97. The zero-order valence-electron chi connectivity index (χ0n) is 10.9. The number of esters is 1. The number of hydrogen-bond donors (Lipinski definition) is 1. The molecule has 1 aromatic carbocycles. The molecule has 1 fully saturated rings. The van der Waals surface area contributed by atoms with E-state index in [1.807, 2.05) is 13.8 Å². The summed E-state index contributed by atoms with van der Waals surface area (Å²) in [7, 11) is 0. The molecule has 5 heteroatoms. The van der Waals surface area contributed by atoms with Crippen molar-refractivity contribution in [3.63, 3.8) is 0 Å². The van der Waals surface area contributed by atoms with Crippen molar-refractivity contribution in [3.8, 4) is 0 Å². The fourth-order valence-corrected chi connectivity index (χ4v) is 2.72. The van der Waals surface area contributed by atoms with Crippen LogP contribution in [0.5, 0.6) is 0 Å². The van der Waals surface area contributed by atoms with Crippen molar-refractivity contribution in [2.75, 3.05) is 0 Å². The van der Waals surface area contributed by atoms with Crippen LogP contribution in [0.1, 0.15) is 37.0 Å². The Balaban J connectivity index is 2.06. The van der Waals surface area contributed by atoms with E-state index in [0.717, 1.165) is 0 Å². The van der Waals surface area contributed by atoms with E-state index in [2.05, 4.69) is 12.6 Å². The summed E-state index contributed by atoms with van der Waals surface area (Å²) in [5.74, 6) is -0.396. The maximum absolute atomic E-state index is 12.1. The van der Waals surface area contributed by atoms with Gasteiger partial charge in [0.2, 0.25) is 0 Å². The van der Waals surface area contributed by atoms with Gasteiger partial charge >= 0.3 is 5.97 Å². The van der Waals surface area contributed by atoms with Crippen molar-refractivity contribution < 1.29 is 14.3 Å². The van der Waals surface area contributed by atoms with Crippen molar-refractivity contribution in [1.82, 2.24) is 0 Å². The van der Waals surface area contributed by atoms with Crippen LogP contribution < -0.4 is 0 Å². The molecule has 0 bridgehead atoms. The average Bonchev–Trinajstić information content (AvgIpc) is 2.30. The summed E-state index contributed by atoms with van der Waals surface area (Å²) in [6, 6.07) is 5.01. The number of hydrogen-bond acceptors (Lipinski definition) is 4. The van der Waals surface area contributed by atoms with Crippen LogP contribution in [-0.2, 0) is 9.47 Å². The summed E-state index contributed by atoms with van der Waals surface area (Å²) in [6.07, 6.45) is 1.52. The molecule has 0 saturated carbocycles. The number of ether oxygens (including phenoxy) is 2. The minimum atomic E-state index is -0.396. The van der Waals surface area contributed by atoms with E-state index < -0.39 is 5.97 Å². The minimum absolute atomic E-state index is 0.105. The highest BCUT2D eigenvalue weighted by atomic mass is 35.5. The summed E-state index contributed by atoms with van der Waals surface area (Å²) < 4.78 is 11.1. The number of rotatable bonds is 2. The highest BCUT2D eigenvalue weighted by Gasteiger charge is 2.28. The lowest BCUT2D eigenvalue weighted by Crippen LogP contribution is -2.35. The third-order valence-electron chi connectivity index (χ3n) is 3.10. The Bertz CT molecular complexity index is 468. The molecule has 0 spiro atoms. The molecule has 0 radical (unpaired) electrons. The molecule has 2 atom stereocenters. The van der Waals surface area contributed by atoms with E-state index in [1.54, 1.807) is 18.2 Å². The molecule has 0 N–H and O–H groups in total. The molecule has 104 valence electrons. The molecule has 1 aliphatic heterocycles.